The van der Waals surface area contributed by atoms with Crippen LogP contribution in [0.1, 0.15) is 44.5 Å². The van der Waals surface area contributed by atoms with Gasteiger partial charge in [0.1, 0.15) is 16.6 Å². The molecule has 26 heavy (non-hydrogen) atoms. The molecule has 1 aliphatic heterocycles. The Bertz CT molecular complexity index is 675. The summed E-state index contributed by atoms with van der Waals surface area (Å²) in [4.78, 5) is 32.2. The van der Waals surface area contributed by atoms with E-state index < -0.39 is 11.6 Å². The lowest BCUT2D eigenvalue weighted by atomic mass is 10.1. The van der Waals surface area contributed by atoms with Crippen molar-refractivity contribution >= 4 is 29.5 Å². The number of anilines is 1. The lowest BCUT2D eigenvalue weighted by Gasteiger charge is -2.42. The molecule has 0 spiro atoms. The van der Waals surface area contributed by atoms with Crippen LogP contribution in [0.15, 0.2) is 12.1 Å². The molecule has 1 aromatic heterocycles. The molecule has 8 heteroatoms. The zero-order valence-electron chi connectivity index (χ0n) is 15.9. The lowest BCUT2D eigenvalue weighted by molar-refractivity contribution is 0.0136. The van der Waals surface area contributed by atoms with Crippen molar-refractivity contribution in [1.29, 1.82) is 0 Å². The SMILES string of the molecule is CC[C@@H]1CN(c2ccc(C(=O)OC)c(Cl)n2)CCN1C(=O)OC(C)(C)C. The maximum atomic E-state index is 12.4. The van der Waals surface area contributed by atoms with Gasteiger partial charge in [0, 0.05) is 19.6 Å². The smallest absolute Gasteiger partial charge is 0.410 e. The average Bonchev–Trinajstić information content (AvgIpc) is 2.58. The van der Waals surface area contributed by atoms with Crippen LogP contribution in [0.2, 0.25) is 5.15 Å². The molecule has 1 atom stereocenters. The Morgan fingerprint density at radius 3 is 2.54 bits per heavy atom. The maximum Gasteiger partial charge on any atom is 0.410 e. The molecule has 144 valence electrons. The highest BCUT2D eigenvalue weighted by atomic mass is 35.5. The van der Waals surface area contributed by atoms with Crippen LogP contribution in [0.5, 0.6) is 0 Å². The molecule has 7 nitrogen and oxygen atoms in total. The van der Waals surface area contributed by atoms with Crippen LogP contribution in [0.3, 0.4) is 0 Å². The Morgan fingerprint density at radius 2 is 2.00 bits per heavy atom. The summed E-state index contributed by atoms with van der Waals surface area (Å²) in [6, 6.07) is 3.37. The van der Waals surface area contributed by atoms with Crippen molar-refractivity contribution in [2.45, 2.75) is 45.8 Å². The van der Waals surface area contributed by atoms with Crippen molar-refractivity contribution < 1.29 is 19.1 Å². The van der Waals surface area contributed by atoms with Gasteiger partial charge in [-0.2, -0.15) is 0 Å². The number of halogens is 1. The molecule has 0 aromatic carbocycles. The van der Waals surface area contributed by atoms with E-state index in [1.54, 1.807) is 17.0 Å². The van der Waals surface area contributed by atoms with Gasteiger partial charge < -0.3 is 19.3 Å². The molecule has 2 rings (SSSR count). The van der Waals surface area contributed by atoms with Gasteiger partial charge in [0.05, 0.1) is 18.7 Å². The Labute approximate surface area is 159 Å². The fraction of sp³-hybridized carbons (Fsp3) is 0.611. The highest BCUT2D eigenvalue weighted by molar-refractivity contribution is 6.32. The van der Waals surface area contributed by atoms with Crippen LogP contribution in [0, 0.1) is 0 Å². The van der Waals surface area contributed by atoms with Crippen LogP contribution >= 0.6 is 11.6 Å². The summed E-state index contributed by atoms with van der Waals surface area (Å²) < 4.78 is 10.2. The fourth-order valence-corrected chi connectivity index (χ4v) is 3.06. The van der Waals surface area contributed by atoms with Gasteiger partial charge in [0.15, 0.2) is 0 Å². The van der Waals surface area contributed by atoms with Crippen LogP contribution < -0.4 is 4.90 Å². The Balaban J connectivity index is 2.12. The molecular formula is C18H26ClN3O4. The number of nitrogens with zero attached hydrogens (tertiary/aromatic N) is 3. The van der Waals surface area contributed by atoms with Gasteiger partial charge in [-0.3, -0.25) is 0 Å². The van der Waals surface area contributed by atoms with E-state index in [-0.39, 0.29) is 22.9 Å². The second-order valence-corrected chi connectivity index (χ2v) is 7.54. The summed E-state index contributed by atoms with van der Waals surface area (Å²) in [5.41, 5.74) is -0.289. The molecule has 1 aliphatic rings. The second-order valence-electron chi connectivity index (χ2n) is 7.18. The number of hydrogen-bond donors (Lipinski definition) is 0. The summed E-state index contributed by atoms with van der Waals surface area (Å²) in [7, 11) is 1.30. The predicted molar refractivity (Wildman–Crippen MR) is 99.8 cm³/mol. The molecule has 1 fully saturated rings. The number of carbonyl (C=O) groups is 2. The molecule has 0 unspecified atom stereocenters. The minimum Gasteiger partial charge on any atom is -0.465 e. The number of aromatic nitrogens is 1. The number of carbonyl (C=O) groups excluding carboxylic acids is 2. The first-order valence-electron chi connectivity index (χ1n) is 8.65. The first-order valence-corrected chi connectivity index (χ1v) is 9.03. The van der Waals surface area contributed by atoms with E-state index in [0.29, 0.717) is 25.5 Å². The number of hydrogen-bond acceptors (Lipinski definition) is 6. The van der Waals surface area contributed by atoms with E-state index in [0.717, 1.165) is 6.42 Å². The van der Waals surface area contributed by atoms with Crippen LogP contribution in [0.4, 0.5) is 10.6 Å². The quantitative estimate of drug-likeness (QED) is 0.588. The average molecular weight is 384 g/mol. The fourth-order valence-electron chi connectivity index (χ4n) is 2.84. The first-order chi connectivity index (χ1) is 12.2. The summed E-state index contributed by atoms with van der Waals surface area (Å²) >= 11 is 6.12. The van der Waals surface area contributed by atoms with Crippen molar-refractivity contribution in [3.63, 3.8) is 0 Å². The van der Waals surface area contributed by atoms with Gasteiger partial charge in [0.25, 0.3) is 0 Å². The minimum atomic E-state index is -0.523. The number of ether oxygens (including phenoxy) is 2. The third kappa shape index (κ3) is 4.78. The molecule has 0 aliphatic carbocycles. The van der Waals surface area contributed by atoms with Gasteiger partial charge in [-0.1, -0.05) is 18.5 Å². The van der Waals surface area contributed by atoms with Crippen LogP contribution in [0.25, 0.3) is 0 Å². The predicted octanol–water partition coefficient (Wildman–Crippen LogP) is 3.36. The standard InChI is InChI=1S/C18H26ClN3O4/c1-6-12-11-21(9-10-22(12)17(24)26-18(2,3)4)14-8-7-13(15(19)20-14)16(23)25-5/h7-8,12H,6,9-11H2,1-5H3/t12-/m1/s1. The van der Waals surface area contributed by atoms with Gasteiger partial charge in [-0.25, -0.2) is 14.6 Å². The number of piperazine rings is 1. The molecule has 2 heterocycles. The Morgan fingerprint density at radius 1 is 1.31 bits per heavy atom. The highest BCUT2D eigenvalue weighted by Gasteiger charge is 2.33. The van der Waals surface area contributed by atoms with Crippen molar-refractivity contribution in [3.8, 4) is 0 Å². The number of pyridine rings is 1. The van der Waals surface area contributed by atoms with E-state index in [9.17, 15) is 9.59 Å². The van der Waals surface area contributed by atoms with Crippen LogP contribution in [-0.4, -0.2) is 60.3 Å². The molecule has 0 saturated carbocycles. The topological polar surface area (TPSA) is 72.0 Å². The maximum absolute atomic E-state index is 12.4. The number of esters is 1. The Hall–Kier alpha value is -2.02. The third-order valence-corrected chi connectivity index (χ3v) is 4.43. The van der Waals surface area contributed by atoms with Crippen molar-refractivity contribution in [2.75, 3.05) is 31.6 Å². The first kappa shape index (κ1) is 20.3. The largest absolute Gasteiger partial charge is 0.465 e. The van der Waals surface area contributed by atoms with Crippen molar-refractivity contribution in [2.24, 2.45) is 0 Å². The summed E-state index contributed by atoms with van der Waals surface area (Å²) in [5.74, 6) is 0.153. The molecule has 0 bridgehead atoms. The van der Waals surface area contributed by atoms with Gasteiger partial charge >= 0.3 is 12.1 Å². The summed E-state index contributed by atoms with van der Waals surface area (Å²) in [6.07, 6.45) is 0.500. The molecule has 0 radical (unpaired) electrons. The molecule has 1 aromatic rings. The van der Waals surface area contributed by atoms with Gasteiger partial charge in [-0.15, -0.1) is 0 Å². The normalized spacial score (nSPS) is 17.8. The molecular weight excluding hydrogens is 358 g/mol. The summed E-state index contributed by atoms with van der Waals surface area (Å²) in [6.45, 7) is 9.37. The molecule has 1 saturated heterocycles. The highest BCUT2D eigenvalue weighted by Crippen LogP contribution is 2.24. The number of rotatable bonds is 3. The van der Waals surface area contributed by atoms with E-state index in [1.165, 1.54) is 7.11 Å². The van der Waals surface area contributed by atoms with Crippen LogP contribution in [-0.2, 0) is 9.47 Å². The zero-order chi connectivity index (χ0) is 19.5. The number of amides is 1. The van der Waals surface area contributed by atoms with E-state index in [1.807, 2.05) is 27.7 Å². The number of methoxy groups -OCH3 is 1. The lowest BCUT2D eigenvalue weighted by Crippen LogP contribution is -2.56. The summed E-state index contributed by atoms with van der Waals surface area (Å²) in [5, 5.41) is 0.108. The van der Waals surface area contributed by atoms with Gasteiger partial charge in [0.2, 0.25) is 0 Å². The van der Waals surface area contributed by atoms with Crippen molar-refractivity contribution in [3.05, 3.63) is 22.8 Å². The Kier molecular flexibility index (Phi) is 6.34. The zero-order valence-corrected chi connectivity index (χ0v) is 16.7. The monoisotopic (exact) mass is 383 g/mol. The minimum absolute atomic E-state index is 0.0134. The van der Waals surface area contributed by atoms with E-state index in [4.69, 9.17) is 16.3 Å². The molecule has 1 amide bonds. The third-order valence-electron chi connectivity index (χ3n) is 4.15. The van der Waals surface area contributed by atoms with Gasteiger partial charge in [-0.05, 0) is 39.3 Å². The van der Waals surface area contributed by atoms with E-state index in [2.05, 4.69) is 14.6 Å². The molecule has 0 N–H and O–H groups in total. The van der Waals surface area contributed by atoms with Crippen molar-refractivity contribution in [1.82, 2.24) is 9.88 Å². The van der Waals surface area contributed by atoms with E-state index >= 15 is 0 Å². The second kappa shape index (κ2) is 8.12.